The van der Waals surface area contributed by atoms with Crippen LogP contribution in [-0.2, 0) is 10.0 Å². The highest BCUT2D eigenvalue weighted by atomic mass is 35.5. The number of hydrogen-bond donors (Lipinski definition) is 2. The zero-order chi connectivity index (χ0) is 15.6. The van der Waals surface area contributed by atoms with Crippen molar-refractivity contribution in [2.75, 3.05) is 4.72 Å². The van der Waals surface area contributed by atoms with Crippen LogP contribution in [0.25, 0.3) is 0 Å². The summed E-state index contributed by atoms with van der Waals surface area (Å²) in [5.41, 5.74) is 6.16. The minimum absolute atomic E-state index is 0.0412. The van der Waals surface area contributed by atoms with Crippen molar-refractivity contribution in [1.82, 2.24) is 0 Å². The van der Waals surface area contributed by atoms with Crippen LogP contribution in [0.3, 0.4) is 0 Å². The lowest BCUT2D eigenvalue weighted by Gasteiger charge is -2.13. The fourth-order valence-electron chi connectivity index (χ4n) is 1.68. The van der Waals surface area contributed by atoms with E-state index in [2.05, 4.69) is 4.72 Å². The van der Waals surface area contributed by atoms with Crippen molar-refractivity contribution in [2.24, 2.45) is 5.73 Å². The molecule has 0 unspecified atom stereocenters. The summed E-state index contributed by atoms with van der Waals surface area (Å²) in [7, 11) is -3.87. The molecule has 3 N–H and O–H groups in total. The minimum Gasteiger partial charge on any atom is -0.389 e. The summed E-state index contributed by atoms with van der Waals surface area (Å²) in [4.78, 5) is 0.0176. The summed E-state index contributed by atoms with van der Waals surface area (Å²) in [6, 6.07) is 10.7. The van der Waals surface area contributed by atoms with Crippen LogP contribution in [0.2, 0.25) is 10.0 Å². The molecule has 0 aliphatic rings. The molecule has 2 aromatic carbocycles. The predicted molar refractivity (Wildman–Crippen MR) is 89.6 cm³/mol. The Morgan fingerprint density at radius 2 is 1.81 bits per heavy atom. The Morgan fingerprint density at radius 1 is 1.14 bits per heavy atom. The van der Waals surface area contributed by atoms with Crippen molar-refractivity contribution < 1.29 is 8.42 Å². The number of halogens is 2. The Balaban J connectivity index is 2.49. The molecule has 0 bridgehead atoms. The fourth-order valence-corrected chi connectivity index (χ4v) is 3.62. The third-order valence-corrected chi connectivity index (χ3v) is 4.94. The number of rotatable bonds is 4. The van der Waals surface area contributed by atoms with Crippen molar-refractivity contribution >= 4 is 56.1 Å². The molecule has 0 atom stereocenters. The molecular weight excluding hydrogens is 351 g/mol. The minimum atomic E-state index is -3.87. The van der Waals surface area contributed by atoms with E-state index in [0.29, 0.717) is 10.6 Å². The summed E-state index contributed by atoms with van der Waals surface area (Å²) >= 11 is 16.7. The summed E-state index contributed by atoms with van der Waals surface area (Å²) in [6.45, 7) is 0. The smallest absolute Gasteiger partial charge is 0.263 e. The van der Waals surface area contributed by atoms with Gasteiger partial charge in [0.25, 0.3) is 10.0 Å². The maximum atomic E-state index is 12.4. The first-order chi connectivity index (χ1) is 9.81. The van der Waals surface area contributed by atoms with Crippen molar-refractivity contribution in [3.8, 4) is 0 Å². The molecule has 0 aliphatic heterocycles. The number of anilines is 1. The summed E-state index contributed by atoms with van der Waals surface area (Å²) < 4.78 is 27.2. The molecular formula is C13H10Cl2N2O2S2. The monoisotopic (exact) mass is 360 g/mol. The molecule has 0 fully saturated rings. The van der Waals surface area contributed by atoms with Gasteiger partial charge >= 0.3 is 0 Å². The lowest BCUT2D eigenvalue weighted by molar-refractivity contribution is 0.601. The molecule has 0 amide bonds. The molecule has 0 spiro atoms. The Kier molecular flexibility index (Phi) is 4.73. The number of benzene rings is 2. The van der Waals surface area contributed by atoms with Gasteiger partial charge in [-0.15, -0.1) is 0 Å². The Bertz CT molecular complexity index is 808. The van der Waals surface area contributed by atoms with Gasteiger partial charge in [-0.25, -0.2) is 8.42 Å². The zero-order valence-corrected chi connectivity index (χ0v) is 13.7. The average molecular weight is 361 g/mol. The van der Waals surface area contributed by atoms with Gasteiger partial charge in [0, 0.05) is 10.6 Å². The van der Waals surface area contributed by atoms with Crippen molar-refractivity contribution in [3.63, 3.8) is 0 Å². The first-order valence-corrected chi connectivity index (χ1v) is 8.33. The zero-order valence-electron chi connectivity index (χ0n) is 10.5. The third-order valence-electron chi connectivity index (χ3n) is 2.62. The van der Waals surface area contributed by atoms with Gasteiger partial charge in [-0.1, -0.05) is 47.6 Å². The topological polar surface area (TPSA) is 72.2 Å². The SMILES string of the molecule is NC(=S)c1ccc(Cl)cc1NS(=O)(=O)c1ccccc1Cl. The second-order valence-corrected chi connectivity index (χ2v) is 7.02. The van der Waals surface area contributed by atoms with E-state index in [9.17, 15) is 8.42 Å². The summed E-state index contributed by atoms with van der Waals surface area (Å²) in [5, 5.41) is 0.468. The van der Waals surface area contributed by atoms with E-state index in [1.807, 2.05) is 0 Å². The molecule has 4 nitrogen and oxygen atoms in total. The number of nitrogens with one attached hydrogen (secondary N) is 1. The van der Waals surface area contributed by atoms with Crippen LogP contribution in [0.1, 0.15) is 5.56 Å². The highest BCUT2D eigenvalue weighted by Gasteiger charge is 2.19. The molecule has 0 heterocycles. The molecule has 0 saturated carbocycles. The van der Waals surface area contributed by atoms with Gasteiger partial charge in [0.15, 0.2) is 0 Å². The molecule has 110 valence electrons. The largest absolute Gasteiger partial charge is 0.389 e. The van der Waals surface area contributed by atoms with Gasteiger partial charge in [-0.05, 0) is 30.3 Å². The van der Waals surface area contributed by atoms with Gasteiger partial charge < -0.3 is 5.73 Å². The number of sulfonamides is 1. The Hall–Kier alpha value is -1.34. The highest BCUT2D eigenvalue weighted by molar-refractivity contribution is 7.92. The van der Waals surface area contributed by atoms with Crippen LogP contribution >= 0.6 is 35.4 Å². The lowest BCUT2D eigenvalue weighted by Crippen LogP contribution is -2.18. The highest BCUT2D eigenvalue weighted by Crippen LogP contribution is 2.27. The van der Waals surface area contributed by atoms with Crippen molar-refractivity contribution in [3.05, 3.63) is 58.1 Å². The van der Waals surface area contributed by atoms with Crippen molar-refractivity contribution in [2.45, 2.75) is 4.90 Å². The van der Waals surface area contributed by atoms with Gasteiger partial charge in [-0.2, -0.15) is 0 Å². The van der Waals surface area contributed by atoms with Crippen LogP contribution in [0.15, 0.2) is 47.4 Å². The Morgan fingerprint density at radius 3 is 2.43 bits per heavy atom. The fraction of sp³-hybridized carbons (Fsp3) is 0. The molecule has 0 aromatic heterocycles. The van der Waals surface area contributed by atoms with E-state index in [-0.39, 0.29) is 20.6 Å². The van der Waals surface area contributed by atoms with Gasteiger partial charge in [0.05, 0.1) is 10.7 Å². The third kappa shape index (κ3) is 3.65. The number of hydrogen-bond acceptors (Lipinski definition) is 3. The Labute approximate surface area is 137 Å². The standard InChI is InChI=1S/C13H10Cl2N2O2S2/c14-8-5-6-9(13(16)20)11(7-8)17-21(18,19)12-4-2-1-3-10(12)15/h1-7,17H,(H2,16,20). The molecule has 0 aliphatic carbocycles. The second-order valence-electron chi connectivity index (χ2n) is 4.09. The maximum Gasteiger partial charge on any atom is 0.263 e. The molecule has 21 heavy (non-hydrogen) atoms. The molecule has 2 rings (SSSR count). The van der Waals surface area contributed by atoms with Gasteiger partial charge in [-0.3, -0.25) is 4.72 Å². The van der Waals surface area contributed by atoms with Crippen LogP contribution in [-0.4, -0.2) is 13.4 Å². The second kappa shape index (κ2) is 6.19. The quantitative estimate of drug-likeness (QED) is 0.819. The molecule has 0 saturated heterocycles. The van der Waals surface area contributed by atoms with E-state index in [0.717, 1.165) is 0 Å². The normalized spacial score (nSPS) is 11.1. The van der Waals surface area contributed by atoms with E-state index >= 15 is 0 Å². The van der Waals surface area contributed by atoms with E-state index < -0.39 is 10.0 Å². The van der Waals surface area contributed by atoms with Crippen LogP contribution in [0.4, 0.5) is 5.69 Å². The van der Waals surface area contributed by atoms with Crippen LogP contribution in [0, 0.1) is 0 Å². The van der Waals surface area contributed by atoms with Gasteiger partial charge in [0.1, 0.15) is 9.88 Å². The number of nitrogens with two attached hydrogens (primary N) is 1. The van der Waals surface area contributed by atoms with Gasteiger partial charge in [0.2, 0.25) is 0 Å². The first kappa shape index (κ1) is 16.0. The lowest BCUT2D eigenvalue weighted by atomic mass is 10.2. The average Bonchev–Trinajstić information content (AvgIpc) is 2.38. The summed E-state index contributed by atoms with van der Waals surface area (Å²) in [6.07, 6.45) is 0. The number of thiocarbonyl (C=S) groups is 1. The van der Waals surface area contributed by atoms with Crippen LogP contribution < -0.4 is 10.5 Å². The van der Waals surface area contributed by atoms with Crippen LogP contribution in [0.5, 0.6) is 0 Å². The van der Waals surface area contributed by atoms with Crippen molar-refractivity contribution in [1.29, 1.82) is 0 Å². The van der Waals surface area contributed by atoms with E-state index in [1.165, 1.54) is 18.2 Å². The maximum absolute atomic E-state index is 12.4. The molecule has 0 radical (unpaired) electrons. The van der Waals surface area contributed by atoms with E-state index in [1.54, 1.807) is 24.3 Å². The molecule has 2 aromatic rings. The van der Waals surface area contributed by atoms with E-state index in [4.69, 9.17) is 41.2 Å². The first-order valence-electron chi connectivity index (χ1n) is 5.68. The molecule has 8 heteroatoms. The predicted octanol–water partition coefficient (Wildman–Crippen LogP) is 3.43. The summed E-state index contributed by atoms with van der Waals surface area (Å²) in [5.74, 6) is 0.